The molecule has 0 bridgehead atoms. The first-order chi connectivity index (χ1) is 12.3. The lowest BCUT2D eigenvalue weighted by atomic mass is 10.0. The van der Waals surface area contributed by atoms with Crippen molar-refractivity contribution in [2.75, 3.05) is 0 Å². The number of benzene rings is 4. The molecule has 2 N–H and O–H groups in total. The SMILES string of the molecule is Clc1ccc2[nH]c3c(ccc4c3ccc3c5ccccc5[nH]c34)c2c1. The summed E-state index contributed by atoms with van der Waals surface area (Å²) in [4.78, 5) is 7.17. The summed E-state index contributed by atoms with van der Waals surface area (Å²) in [6, 6.07) is 23.3. The Bertz CT molecular complexity index is 1450. The summed E-state index contributed by atoms with van der Waals surface area (Å²) in [5.41, 5.74) is 4.64. The second-order valence-corrected chi connectivity index (χ2v) is 6.99. The van der Waals surface area contributed by atoms with E-state index >= 15 is 0 Å². The van der Waals surface area contributed by atoms with Crippen LogP contribution in [0.15, 0.2) is 66.7 Å². The molecule has 0 radical (unpaired) electrons. The molecule has 25 heavy (non-hydrogen) atoms. The molecule has 3 heteroatoms. The number of hydrogen-bond donors (Lipinski definition) is 2. The maximum Gasteiger partial charge on any atom is 0.0545 e. The van der Waals surface area contributed by atoms with Gasteiger partial charge in [0.05, 0.1) is 11.0 Å². The predicted molar refractivity (Wildman–Crippen MR) is 108 cm³/mol. The topological polar surface area (TPSA) is 31.6 Å². The number of rotatable bonds is 0. The monoisotopic (exact) mass is 340 g/mol. The van der Waals surface area contributed by atoms with Gasteiger partial charge in [0.1, 0.15) is 0 Å². The Hall–Kier alpha value is -2.97. The molecule has 0 aliphatic heterocycles. The quantitative estimate of drug-likeness (QED) is 0.306. The van der Waals surface area contributed by atoms with E-state index in [-0.39, 0.29) is 0 Å². The lowest BCUT2D eigenvalue weighted by Gasteiger charge is -2.02. The lowest BCUT2D eigenvalue weighted by Crippen LogP contribution is -1.78. The second kappa shape index (κ2) is 4.56. The maximum atomic E-state index is 6.20. The van der Waals surface area contributed by atoms with Crippen LogP contribution in [0.4, 0.5) is 0 Å². The van der Waals surface area contributed by atoms with E-state index in [9.17, 15) is 0 Å². The molecule has 118 valence electrons. The van der Waals surface area contributed by atoms with E-state index in [1.54, 1.807) is 0 Å². The third-order valence-corrected chi connectivity index (χ3v) is 5.44. The number of aromatic nitrogens is 2. The van der Waals surface area contributed by atoms with Crippen molar-refractivity contribution >= 4 is 66.0 Å². The molecular weight excluding hydrogens is 328 g/mol. The molecule has 4 aromatic carbocycles. The molecule has 0 atom stereocenters. The highest BCUT2D eigenvalue weighted by Gasteiger charge is 2.12. The van der Waals surface area contributed by atoms with Crippen LogP contribution in [-0.4, -0.2) is 9.97 Å². The van der Waals surface area contributed by atoms with E-state index in [0.717, 1.165) is 16.1 Å². The molecule has 0 aliphatic rings. The average molecular weight is 341 g/mol. The van der Waals surface area contributed by atoms with Crippen molar-refractivity contribution in [2.24, 2.45) is 0 Å². The zero-order valence-electron chi connectivity index (χ0n) is 13.2. The summed E-state index contributed by atoms with van der Waals surface area (Å²) in [7, 11) is 0. The average Bonchev–Trinajstić information content (AvgIpc) is 3.19. The van der Waals surface area contributed by atoms with Gasteiger partial charge in [-0.15, -0.1) is 0 Å². The van der Waals surface area contributed by atoms with Gasteiger partial charge in [0.25, 0.3) is 0 Å². The number of H-pyrrole nitrogens is 2. The Morgan fingerprint density at radius 1 is 0.520 bits per heavy atom. The molecule has 0 saturated heterocycles. The van der Waals surface area contributed by atoms with E-state index in [1.165, 1.54) is 43.4 Å². The van der Waals surface area contributed by atoms with Crippen LogP contribution < -0.4 is 0 Å². The number of halogens is 1. The summed E-state index contributed by atoms with van der Waals surface area (Å²) in [6.45, 7) is 0. The highest BCUT2D eigenvalue weighted by atomic mass is 35.5. The van der Waals surface area contributed by atoms with Gasteiger partial charge >= 0.3 is 0 Å². The fourth-order valence-electron chi connectivity index (χ4n) is 4.07. The van der Waals surface area contributed by atoms with Crippen molar-refractivity contribution < 1.29 is 0 Å². The van der Waals surface area contributed by atoms with Crippen molar-refractivity contribution in [3.63, 3.8) is 0 Å². The van der Waals surface area contributed by atoms with Crippen LogP contribution in [0.25, 0.3) is 54.4 Å². The molecular formula is C22H13ClN2. The number of fused-ring (bicyclic) bond motifs is 9. The third kappa shape index (κ3) is 1.70. The van der Waals surface area contributed by atoms with Gasteiger partial charge in [-0.2, -0.15) is 0 Å². The van der Waals surface area contributed by atoms with Crippen LogP contribution in [0.3, 0.4) is 0 Å². The van der Waals surface area contributed by atoms with Gasteiger partial charge in [-0.3, -0.25) is 0 Å². The van der Waals surface area contributed by atoms with Crippen LogP contribution in [-0.2, 0) is 0 Å². The van der Waals surface area contributed by atoms with Crippen LogP contribution in [0.1, 0.15) is 0 Å². The Balaban J connectivity index is 1.84. The third-order valence-electron chi connectivity index (χ3n) is 5.21. The fraction of sp³-hybridized carbons (Fsp3) is 0. The summed E-state index contributed by atoms with van der Waals surface area (Å²) < 4.78 is 0. The Morgan fingerprint density at radius 2 is 1.08 bits per heavy atom. The summed E-state index contributed by atoms with van der Waals surface area (Å²) >= 11 is 6.20. The van der Waals surface area contributed by atoms with E-state index in [1.807, 2.05) is 18.2 Å². The molecule has 2 aromatic heterocycles. The van der Waals surface area contributed by atoms with Crippen LogP contribution in [0, 0.1) is 0 Å². The van der Waals surface area contributed by atoms with E-state index in [0.29, 0.717) is 0 Å². The maximum absolute atomic E-state index is 6.20. The molecule has 0 amide bonds. The first-order valence-electron chi connectivity index (χ1n) is 8.33. The normalized spacial score (nSPS) is 12.2. The minimum atomic E-state index is 0.763. The smallest absolute Gasteiger partial charge is 0.0545 e. The molecule has 0 spiro atoms. The summed E-state index contributed by atoms with van der Waals surface area (Å²) in [6.07, 6.45) is 0. The highest BCUT2D eigenvalue weighted by Crippen LogP contribution is 2.37. The van der Waals surface area contributed by atoms with Gasteiger partial charge in [0.2, 0.25) is 0 Å². The van der Waals surface area contributed by atoms with Gasteiger partial charge < -0.3 is 9.97 Å². The molecule has 0 saturated carbocycles. The molecule has 0 unspecified atom stereocenters. The minimum absolute atomic E-state index is 0.763. The summed E-state index contributed by atoms with van der Waals surface area (Å²) in [5, 5.41) is 8.13. The van der Waals surface area contributed by atoms with Crippen LogP contribution in [0.2, 0.25) is 5.02 Å². The zero-order valence-corrected chi connectivity index (χ0v) is 14.0. The molecule has 6 rings (SSSR count). The van der Waals surface area contributed by atoms with Gasteiger partial charge in [0, 0.05) is 48.4 Å². The molecule has 2 heterocycles. The number of para-hydroxylation sites is 1. The largest absolute Gasteiger partial charge is 0.354 e. The molecule has 0 fully saturated rings. The van der Waals surface area contributed by atoms with Crippen molar-refractivity contribution in [2.45, 2.75) is 0 Å². The summed E-state index contributed by atoms with van der Waals surface area (Å²) in [5.74, 6) is 0. The van der Waals surface area contributed by atoms with E-state index < -0.39 is 0 Å². The Morgan fingerprint density at radius 3 is 1.80 bits per heavy atom. The van der Waals surface area contributed by atoms with Gasteiger partial charge in [0.15, 0.2) is 0 Å². The molecule has 6 aromatic rings. The predicted octanol–water partition coefficient (Wildman–Crippen LogP) is 6.76. The zero-order chi connectivity index (χ0) is 16.5. The molecule has 2 nitrogen and oxygen atoms in total. The van der Waals surface area contributed by atoms with E-state index in [2.05, 4.69) is 58.5 Å². The number of aromatic amines is 2. The van der Waals surface area contributed by atoms with Crippen LogP contribution in [0.5, 0.6) is 0 Å². The Kier molecular flexibility index (Phi) is 2.43. The first-order valence-corrected chi connectivity index (χ1v) is 8.70. The molecule has 0 aliphatic carbocycles. The van der Waals surface area contributed by atoms with Gasteiger partial charge in [-0.25, -0.2) is 0 Å². The van der Waals surface area contributed by atoms with Crippen molar-refractivity contribution in [1.82, 2.24) is 9.97 Å². The van der Waals surface area contributed by atoms with Crippen LogP contribution >= 0.6 is 11.6 Å². The fourth-order valence-corrected chi connectivity index (χ4v) is 4.24. The highest BCUT2D eigenvalue weighted by molar-refractivity contribution is 6.32. The number of hydrogen-bond acceptors (Lipinski definition) is 0. The van der Waals surface area contributed by atoms with Crippen molar-refractivity contribution in [1.29, 1.82) is 0 Å². The van der Waals surface area contributed by atoms with Gasteiger partial charge in [-0.1, -0.05) is 54.1 Å². The van der Waals surface area contributed by atoms with Crippen molar-refractivity contribution in [3.05, 3.63) is 71.8 Å². The van der Waals surface area contributed by atoms with E-state index in [4.69, 9.17) is 11.6 Å². The lowest BCUT2D eigenvalue weighted by molar-refractivity contribution is 1.55. The number of nitrogens with one attached hydrogen (secondary N) is 2. The second-order valence-electron chi connectivity index (χ2n) is 6.56. The van der Waals surface area contributed by atoms with Crippen molar-refractivity contribution in [3.8, 4) is 0 Å². The standard InChI is InChI=1S/C22H13ClN2/c23-12-5-10-20-18(11-12)17-9-8-15-16(22(17)25-20)7-6-14-13-3-1-2-4-19(13)24-21(14)15/h1-11,24-25H. The minimum Gasteiger partial charge on any atom is -0.354 e. The first kappa shape index (κ1) is 13.3. The van der Waals surface area contributed by atoms with Gasteiger partial charge in [-0.05, 0) is 24.3 Å². The Labute approximate surface area is 148 Å².